The van der Waals surface area contributed by atoms with Gasteiger partial charge in [0.1, 0.15) is 23.9 Å². The second-order valence-corrected chi connectivity index (χ2v) is 5.86. The molecule has 0 bridgehead atoms. The Morgan fingerprint density at radius 1 is 1.33 bits per heavy atom. The maximum atomic E-state index is 12.3. The molecule has 0 radical (unpaired) electrons. The van der Waals surface area contributed by atoms with Crippen LogP contribution in [0.2, 0.25) is 0 Å². The first-order valence-corrected chi connectivity index (χ1v) is 8.01. The van der Waals surface area contributed by atoms with E-state index in [1.54, 1.807) is 19.2 Å². The molecule has 24 heavy (non-hydrogen) atoms. The number of rotatable bonds is 5. The number of carbonyl (C=O) groups is 1. The van der Waals surface area contributed by atoms with Crippen molar-refractivity contribution in [3.63, 3.8) is 0 Å². The highest BCUT2D eigenvalue weighted by Gasteiger charge is 2.26. The first kappa shape index (κ1) is 16.2. The fourth-order valence-corrected chi connectivity index (χ4v) is 2.83. The van der Waals surface area contributed by atoms with E-state index in [9.17, 15) is 9.90 Å². The topological polar surface area (TPSA) is 67.8 Å². The Kier molecular flexibility index (Phi) is 4.89. The van der Waals surface area contributed by atoms with Gasteiger partial charge in [0.15, 0.2) is 0 Å². The summed E-state index contributed by atoms with van der Waals surface area (Å²) in [5.41, 5.74) is 1.85. The van der Waals surface area contributed by atoms with Gasteiger partial charge in [-0.3, -0.25) is 4.79 Å². The van der Waals surface area contributed by atoms with Crippen LogP contribution in [0.4, 0.5) is 0 Å². The fourth-order valence-electron chi connectivity index (χ4n) is 2.83. The SMILES string of the molecule is COc1ccc2c(c1)OC[C@H](C(=O)NCCc1ccccc1O)C2. The number of hydrogen-bond donors (Lipinski definition) is 2. The Hall–Kier alpha value is -2.69. The van der Waals surface area contributed by atoms with Crippen LogP contribution in [0, 0.1) is 5.92 Å². The van der Waals surface area contributed by atoms with Crippen molar-refractivity contribution < 1.29 is 19.4 Å². The van der Waals surface area contributed by atoms with Crippen LogP contribution < -0.4 is 14.8 Å². The van der Waals surface area contributed by atoms with E-state index >= 15 is 0 Å². The normalized spacial score (nSPS) is 16.0. The third-order valence-corrected chi connectivity index (χ3v) is 4.24. The number of para-hydroxylation sites is 1. The summed E-state index contributed by atoms with van der Waals surface area (Å²) >= 11 is 0. The Balaban J connectivity index is 1.53. The lowest BCUT2D eigenvalue weighted by Gasteiger charge is -2.25. The Morgan fingerprint density at radius 3 is 2.96 bits per heavy atom. The van der Waals surface area contributed by atoms with Crippen molar-refractivity contribution in [3.8, 4) is 17.2 Å². The number of amides is 1. The van der Waals surface area contributed by atoms with Gasteiger partial charge in [0.2, 0.25) is 5.91 Å². The quantitative estimate of drug-likeness (QED) is 0.884. The monoisotopic (exact) mass is 327 g/mol. The minimum absolute atomic E-state index is 0.0214. The van der Waals surface area contributed by atoms with Gasteiger partial charge in [-0.1, -0.05) is 24.3 Å². The second kappa shape index (κ2) is 7.25. The van der Waals surface area contributed by atoms with Gasteiger partial charge < -0.3 is 19.9 Å². The van der Waals surface area contributed by atoms with E-state index in [0.717, 1.165) is 22.6 Å². The van der Waals surface area contributed by atoms with E-state index in [1.807, 2.05) is 30.3 Å². The van der Waals surface area contributed by atoms with Crippen LogP contribution in [0.5, 0.6) is 17.2 Å². The highest BCUT2D eigenvalue weighted by molar-refractivity contribution is 5.79. The number of aromatic hydroxyl groups is 1. The van der Waals surface area contributed by atoms with Crippen molar-refractivity contribution >= 4 is 5.91 Å². The Labute approximate surface area is 141 Å². The van der Waals surface area contributed by atoms with Crippen LogP contribution in [0.1, 0.15) is 11.1 Å². The van der Waals surface area contributed by atoms with Gasteiger partial charge in [-0.2, -0.15) is 0 Å². The number of phenols is 1. The van der Waals surface area contributed by atoms with E-state index in [1.165, 1.54) is 0 Å². The molecule has 1 heterocycles. The molecule has 1 atom stereocenters. The predicted molar refractivity (Wildman–Crippen MR) is 90.5 cm³/mol. The molecule has 5 nitrogen and oxygen atoms in total. The van der Waals surface area contributed by atoms with Crippen molar-refractivity contribution in [1.82, 2.24) is 5.32 Å². The number of carbonyl (C=O) groups excluding carboxylic acids is 1. The van der Waals surface area contributed by atoms with E-state index in [2.05, 4.69) is 5.32 Å². The van der Waals surface area contributed by atoms with Gasteiger partial charge in [0, 0.05) is 12.6 Å². The number of phenolic OH excluding ortho intramolecular Hbond substituents is 1. The zero-order chi connectivity index (χ0) is 16.9. The third-order valence-electron chi connectivity index (χ3n) is 4.24. The molecule has 3 rings (SSSR count). The van der Waals surface area contributed by atoms with Crippen molar-refractivity contribution in [2.75, 3.05) is 20.3 Å². The minimum atomic E-state index is -0.199. The summed E-state index contributed by atoms with van der Waals surface area (Å²) in [5.74, 6) is 1.57. The zero-order valence-corrected chi connectivity index (χ0v) is 13.6. The van der Waals surface area contributed by atoms with Gasteiger partial charge in [-0.05, 0) is 36.1 Å². The average molecular weight is 327 g/mol. The summed E-state index contributed by atoms with van der Waals surface area (Å²) in [6.45, 7) is 0.852. The molecule has 2 N–H and O–H groups in total. The molecule has 0 aromatic heterocycles. The van der Waals surface area contributed by atoms with Crippen molar-refractivity contribution in [3.05, 3.63) is 53.6 Å². The maximum absolute atomic E-state index is 12.3. The van der Waals surface area contributed by atoms with E-state index < -0.39 is 0 Å². The molecule has 0 saturated carbocycles. The summed E-state index contributed by atoms with van der Waals surface area (Å²) < 4.78 is 10.9. The molecule has 0 saturated heterocycles. The van der Waals surface area contributed by atoms with Crippen LogP contribution >= 0.6 is 0 Å². The summed E-state index contributed by atoms with van der Waals surface area (Å²) in [6.07, 6.45) is 1.25. The van der Waals surface area contributed by atoms with E-state index in [-0.39, 0.29) is 17.6 Å². The standard InChI is InChI=1S/C19H21NO4/c1-23-16-7-6-14-10-15(12-24-18(14)11-16)19(22)20-9-8-13-4-2-3-5-17(13)21/h2-7,11,15,21H,8-10,12H2,1H3,(H,20,22)/t15-/m1/s1. The van der Waals surface area contributed by atoms with Crippen LogP contribution in [-0.2, 0) is 17.6 Å². The fraction of sp³-hybridized carbons (Fsp3) is 0.316. The maximum Gasteiger partial charge on any atom is 0.226 e. The average Bonchev–Trinajstić information content (AvgIpc) is 2.62. The van der Waals surface area contributed by atoms with Crippen LogP contribution in [-0.4, -0.2) is 31.3 Å². The van der Waals surface area contributed by atoms with Crippen LogP contribution in [0.15, 0.2) is 42.5 Å². The lowest BCUT2D eigenvalue weighted by Crippen LogP contribution is -2.38. The highest BCUT2D eigenvalue weighted by Crippen LogP contribution is 2.31. The number of methoxy groups -OCH3 is 1. The van der Waals surface area contributed by atoms with Gasteiger partial charge in [-0.15, -0.1) is 0 Å². The summed E-state index contributed by atoms with van der Waals surface area (Å²) in [6, 6.07) is 12.8. The number of fused-ring (bicyclic) bond motifs is 1. The molecule has 5 heteroatoms. The van der Waals surface area contributed by atoms with Crippen LogP contribution in [0.3, 0.4) is 0 Å². The zero-order valence-electron chi connectivity index (χ0n) is 13.6. The first-order chi connectivity index (χ1) is 11.7. The number of hydrogen-bond acceptors (Lipinski definition) is 4. The van der Waals surface area contributed by atoms with Crippen molar-refractivity contribution in [1.29, 1.82) is 0 Å². The second-order valence-electron chi connectivity index (χ2n) is 5.86. The Morgan fingerprint density at radius 2 is 2.17 bits per heavy atom. The van der Waals surface area contributed by atoms with E-state index in [4.69, 9.17) is 9.47 Å². The molecule has 2 aromatic carbocycles. The molecule has 0 fully saturated rings. The van der Waals surface area contributed by atoms with Gasteiger partial charge in [-0.25, -0.2) is 0 Å². The molecule has 0 unspecified atom stereocenters. The van der Waals surface area contributed by atoms with Gasteiger partial charge >= 0.3 is 0 Å². The third kappa shape index (κ3) is 3.62. The molecular formula is C19H21NO4. The molecule has 1 aliphatic rings. The molecule has 0 aliphatic carbocycles. The van der Waals surface area contributed by atoms with Gasteiger partial charge in [0.25, 0.3) is 0 Å². The number of benzene rings is 2. The molecular weight excluding hydrogens is 306 g/mol. The minimum Gasteiger partial charge on any atom is -0.508 e. The van der Waals surface area contributed by atoms with E-state index in [0.29, 0.717) is 26.0 Å². The highest BCUT2D eigenvalue weighted by atomic mass is 16.5. The predicted octanol–water partition coefficient (Wildman–Crippen LogP) is 2.31. The summed E-state index contributed by atoms with van der Waals surface area (Å²) in [4.78, 5) is 12.3. The lowest BCUT2D eigenvalue weighted by atomic mass is 9.96. The molecule has 1 amide bonds. The Bertz CT molecular complexity index is 729. The van der Waals surface area contributed by atoms with Crippen molar-refractivity contribution in [2.45, 2.75) is 12.8 Å². The molecule has 0 spiro atoms. The first-order valence-electron chi connectivity index (χ1n) is 8.01. The molecule has 1 aliphatic heterocycles. The number of ether oxygens (including phenoxy) is 2. The molecule has 2 aromatic rings. The number of nitrogens with one attached hydrogen (secondary N) is 1. The summed E-state index contributed by atoms with van der Waals surface area (Å²) in [5, 5.41) is 12.7. The summed E-state index contributed by atoms with van der Waals surface area (Å²) in [7, 11) is 1.62. The molecule has 126 valence electrons. The van der Waals surface area contributed by atoms with Crippen molar-refractivity contribution in [2.24, 2.45) is 5.92 Å². The largest absolute Gasteiger partial charge is 0.508 e. The van der Waals surface area contributed by atoms with Gasteiger partial charge in [0.05, 0.1) is 13.0 Å². The lowest BCUT2D eigenvalue weighted by molar-refractivity contribution is -0.126. The van der Waals surface area contributed by atoms with Crippen LogP contribution in [0.25, 0.3) is 0 Å². The smallest absolute Gasteiger partial charge is 0.226 e.